The van der Waals surface area contributed by atoms with E-state index in [-0.39, 0.29) is 11.3 Å². The number of carbonyl (C=O) groups excluding carboxylic acids is 1. The number of amides is 1. The molecule has 26 heavy (non-hydrogen) atoms. The number of hydrogen-bond acceptors (Lipinski definition) is 2. The van der Waals surface area contributed by atoms with Gasteiger partial charge in [-0.25, -0.2) is 0 Å². The van der Waals surface area contributed by atoms with Gasteiger partial charge < -0.3 is 9.47 Å². The Hall–Kier alpha value is -2.33. The van der Waals surface area contributed by atoms with Crippen LogP contribution in [0, 0.1) is 0 Å². The summed E-state index contributed by atoms with van der Waals surface area (Å²) in [4.78, 5) is 16.3. The minimum absolute atomic E-state index is 0.0695. The van der Waals surface area contributed by atoms with Gasteiger partial charge in [0.25, 0.3) is 5.91 Å². The van der Waals surface area contributed by atoms with Gasteiger partial charge in [0, 0.05) is 29.4 Å². The first kappa shape index (κ1) is 18.5. The van der Waals surface area contributed by atoms with Crippen LogP contribution in [-0.4, -0.2) is 15.4 Å². The zero-order chi connectivity index (χ0) is 18.7. The summed E-state index contributed by atoms with van der Waals surface area (Å²) < 4.78 is 2.07. The molecule has 0 bridgehead atoms. The minimum Gasteiger partial charge on any atom is -0.353 e. The second-order valence-corrected chi connectivity index (χ2v) is 8.71. The lowest BCUT2D eigenvalue weighted by atomic mass is 9.86. The van der Waals surface area contributed by atoms with Crippen molar-refractivity contribution in [2.75, 3.05) is 0 Å². The van der Waals surface area contributed by atoms with Crippen LogP contribution in [0.5, 0.6) is 0 Å². The topological polar surface area (TPSA) is 25.2 Å². The van der Waals surface area contributed by atoms with E-state index in [1.807, 2.05) is 42.4 Å². The molecule has 136 valence electrons. The molecule has 4 heteroatoms. The number of hydrogen-bond donors (Lipinski definition) is 0. The van der Waals surface area contributed by atoms with Crippen LogP contribution < -0.4 is 0 Å². The van der Waals surface area contributed by atoms with Crippen LogP contribution >= 0.6 is 11.3 Å². The molecule has 0 saturated carbocycles. The SMILES string of the molecule is Cn1cccc1CN(Cc1cccs1)C(=O)c1ccc(C(C)(C)C)cc1. The zero-order valence-corrected chi connectivity index (χ0v) is 16.7. The molecule has 3 nitrogen and oxygen atoms in total. The van der Waals surface area contributed by atoms with Gasteiger partial charge in [-0.15, -0.1) is 11.3 Å². The van der Waals surface area contributed by atoms with Crippen LogP contribution in [0.15, 0.2) is 60.1 Å². The van der Waals surface area contributed by atoms with Crippen molar-refractivity contribution >= 4 is 17.2 Å². The van der Waals surface area contributed by atoms with Crippen molar-refractivity contribution in [3.63, 3.8) is 0 Å². The Labute approximate surface area is 159 Å². The largest absolute Gasteiger partial charge is 0.353 e. The summed E-state index contributed by atoms with van der Waals surface area (Å²) in [5.41, 5.74) is 3.19. The van der Waals surface area contributed by atoms with Crippen molar-refractivity contribution in [1.29, 1.82) is 0 Å². The first-order chi connectivity index (χ1) is 12.3. The van der Waals surface area contributed by atoms with E-state index >= 15 is 0 Å². The molecule has 0 atom stereocenters. The van der Waals surface area contributed by atoms with E-state index in [0.29, 0.717) is 13.1 Å². The quantitative estimate of drug-likeness (QED) is 0.607. The van der Waals surface area contributed by atoms with Crippen LogP contribution in [0.3, 0.4) is 0 Å². The molecular weight excluding hydrogens is 340 g/mol. The maximum Gasteiger partial charge on any atom is 0.254 e. The Morgan fingerprint density at radius 3 is 2.31 bits per heavy atom. The molecule has 3 rings (SSSR count). The van der Waals surface area contributed by atoms with Crippen LogP contribution in [0.2, 0.25) is 0 Å². The van der Waals surface area contributed by atoms with E-state index in [0.717, 1.165) is 11.3 Å². The lowest BCUT2D eigenvalue weighted by molar-refractivity contribution is 0.0728. The molecule has 0 N–H and O–H groups in total. The van der Waals surface area contributed by atoms with E-state index in [2.05, 4.69) is 55.0 Å². The van der Waals surface area contributed by atoms with Crippen molar-refractivity contribution in [3.8, 4) is 0 Å². The molecule has 0 unspecified atom stereocenters. The molecule has 1 aromatic carbocycles. The van der Waals surface area contributed by atoms with Crippen molar-refractivity contribution in [1.82, 2.24) is 9.47 Å². The number of rotatable bonds is 5. The molecule has 0 fully saturated rings. The lowest BCUT2D eigenvalue weighted by Crippen LogP contribution is -2.30. The summed E-state index contributed by atoms with van der Waals surface area (Å²) in [6.45, 7) is 7.77. The Morgan fingerprint density at radius 2 is 1.77 bits per heavy atom. The van der Waals surface area contributed by atoms with Crippen LogP contribution in [0.25, 0.3) is 0 Å². The van der Waals surface area contributed by atoms with E-state index in [1.165, 1.54) is 10.4 Å². The van der Waals surface area contributed by atoms with E-state index in [4.69, 9.17) is 0 Å². The van der Waals surface area contributed by atoms with Gasteiger partial charge in [0.05, 0.1) is 13.1 Å². The number of benzene rings is 1. The van der Waals surface area contributed by atoms with Gasteiger partial charge in [-0.2, -0.15) is 0 Å². The average molecular weight is 367 g/mol. The number of carbonyl (C=O) groups is 1. The fourth-order valence-electron chi connectivity index (χ4n) is 2.94. The van der Waals surface area contributed by atoms with Crippen molar-refractivity contribution in [2.45, 2.75) is 39.3 Å². The highest BCUT2D eigenvalue weighted by Crippen LogP contribution is 2.23. The normalized spacial score (nSPS) is 11.5. The summed E-state index contributed by atoms with van der Waals surface area (Å²) in [5.74, 6) is 0.0695. The summed E-state index contributed by atoms with van der Waals surface area (Å²) >= 11 is 1.69. The van der Waals surface area contributed by atoms with Crippen molar-refractivity contribution in [2.24, 2.45) is 7.05 Å². The summed E-state index contributed by atoms with van der Waals surface area (Å²) in [7, 11) is 2.02. The van der Waals surface area contributed by atoms with Gasteiger partial charge in [0.2, 0.25) is 0 Å². The van der Waals surface area contributed by atoms with Crippen molar-refractivity contribution < 1.29 is 4.79 Å². The van der Waals surface area contributed by atoms with E-state index in [1.54, 1.807) is 11.3 Å². The molecule has 2 heterocycles. The predicted octanol–water partition coefficient (Wildman–Crippen LogP) is 5.23. The molecule has 0 aliphatic rings. The van der Waals surface area contributed by atoms with Gasteiger partial charge in [0.1, 0.15) is 0 Å². The third kappa shape index (κ3) is 4.25. The highest BCUT2D eigenvalue weighted by Gasteiger charge is 2.19. The third-order valence-corrected chi connectivity index (χ3v) is 5.48. The molecule has 0 aliphatic heterocycles. The van der Waals surface area contributed by atoms with E-state index < -0.39 is 0 Å². The monoisotopic (exact) mass is 366 g/mol. The van der Waals surface area contributed by atoms with Gasteiger partial charge in [-0.3, -0.25) is 4.79 Å². The number of nitrogens with zero attached hydrogens (tertiary/aromatic N) is 2. The maximum absolute atomic E-state index is 13.2. The standard InChI is InChI=1S/C22H26N2OS/c1-22(2,3)18-11-9-17(10-12-18)21(25)24(16-20-8-6-14-26-20)15-19-7-5-13-23(19)4/h5-14H,15-16H2,1-4H3. The molecule has 0 saturated heterocycles. The third-order valence-electron chi connectivity index (χ3n) is 4.62. The molecular formula is C22H26N2OS. The second-order valence-electron chi connectivity index (χ2n) is 7.68. The van der Waals surface area contributed by atoms with Crippen LogP contribution in [0.4, 0.5) is 0 Å². The second kappa shape index (κ2) is 7.50. The fourth-order valence-corrected chi connectivity index (χ4v) is 3.66. The number of thiophene rings is 1. The number of aromatic nitrogens is 1. The van der Waals surface area contributed by atoms with Crippen LogP contribution in [0.1, 0.15) is 47.3 Å². The lowest BCUT2D eigenvalue weighted by Gasteiger charge is -2.24. The molecule has 0 spiro atoms. The fraction of sp³-hybridized carbons (Fsp3) is 0.318. The van der Waals surface area contributed by atoms with Gasteiger partial charge in [-0.05, 0) is 46.7 Å². The summed E-state index contributed by atoms with van der Waals surface area (Å²) in [6, 6.07) is 16.2. The summed E-state index contributed by atoms with van der Waals surface area (Å²) in [6.07, 6.45) is 2.02. The Bertz CT molecular complexity index is 854. The minimum atomic E-state index is 0.0695. The van der Waals surface area contributed by atoms with Crippen LogP contribution in [-0.2, 0) is 25.6 Å². The first-order valence-electron chi connectivity index (χ1n) is 8.87. The number of aryl methyl sites for hydroxylation is 1. The molecule has 2 aromatic heterocycles. The maximum atomic E-state index is 13.2. The molecule has 0 radical (unpaired) electrons. The van der Waals surface area contributed by atoms with E-state index in [9.17, 15) is 4.79 Å². The van der Waals surface area contributed by atoms with Gasteiger partial charge in [-0.1, -0.05) is 39.0 Å². The summed E-state index contributed by atoms with van der Waals surface area (Å²) in [5, 5.41) is 2.05. The Morgan fingerprint density at radius 1 is 1.04 bits per heavy atom. The molecule has 1 amide bonds. The smallest absolute Gasteiger partial charge is 0.254 e. The Balaban J connectivity index is 1.85. The predicted molar refractivity (Wildman–Crippen MR) is 108 cm³/mol. The average Bonchev–Trinajstić information content (AvgIpc) is 3.25. The highest BCUT2D eigenvalue weighted by molar-refractivity contribution is 7.09. The molecule has 3 aromatic rings. The first-order valence-corrected chi connectivity index (χ1v) is 9.75. The van der Waals surface area contributed by atoms with Crippen molar-refractivity contribution in [3.05, 3.63) is 81.8 Å². The molecule has 0 aliphatic carbocycles. The Kier molecular flexibility index (Phi) is 5.33. The zero-order valence-electron chi connectivity index (χ0n) is 15.9. The highest BCUT2D eigenvalue weighted by atomic mass is 32.1. The van der Waals surface area contributed by atoms with Gasteiger partial charge in [0.15, 0.2) is 0 Å². The van der Waals surface area contributed by atoms with Gasteiger partial charge >= 0.3 is 0 Å².